The number of ether oxygens (including phenoxy) is 3. The molecule has 0 bridgehead atoms. The van der Waals surface area contributed by atoms with Crippen molar-refractivity contribution in [2.75, 3.05) is 39.6 Å². The third kappa shape index (κ3) is 12.6. The van der Waals surface area contributed by atoms with Crippen LogP contribution in [0.4, 0.5) is 0 Å². The molecule has 1 amide bonds. The number of aliphatic carboxylic acids is 1. The number of amides is 1. The Morgan fingerprint density at radius 1 is 1.00 bits per heavy atom. The lowest BCUT2D eigenvalue weighted by Crippen LogP contribution is -2.41. The number of carbonyl (C=O) groups excluding carboxylic acids is 1. The third-order valence-corrected chi connectivity index (χ3v) is 2.90. The van der Waals surface area contributed by atoms with Crippen LogP contribution in [0.3, 0.4) is 0 Å². The van der Waals surface area contributed by atoms with E-state index in [-0.39, 0.29) is 18.9 Å². The molecule has 0 aliphatic heterocycles. The van der Waals surface area contributed by atoms with Crippen molar-refractivity contribution in [3.63, 3.8) is 0 Å². The maximum atomic E-state index is 11.6. The van der Waals surface area contributed by atoms with Gasteiger partial charge in [0.1, 0.15) is 6.04 Å². The summed E-state index contributed by atoms with van der Waals surface area (Å²) in [5.74, 6) is -1.30. The molecule has 0 fully saturated rings. The fourth-order valence-electron chi connectivity index (χ4n) is 1.68. The van der Waals surface area contributed by atoms with Gasteiger partial charge in [0.2, 0.25) is 5.91 Å². The second-order valence-electron chi connectivity index (χ2n) is 4.77. The topological polar surface area (TPSA) is 94.1 Å². The summed E-state index contributed by atoms with van der Waals surface area (Å²) in [6, 6.07) is -0.811. The zero-order chi connectivity index (χ0) is 16.6. The molecule has 0 aromatic carbocycles. The summed E-state index contributed by atoms with van der Waals surface area (Å²) >= 11 is 0. The predicted octanol–water partition coefficient (Wildman–Crippen LogP) is 1.21. The van der Waals surface area contributed by atoms with E-state index in [1.807, 2.05) is 13.8 Å². The van der Waals surface area contributed by atoms with Crippen LogP contribution in [0.1, 0.15) is 39.5 Å². The summed E-state index contributed by atoms with van der Waals surface area (Å²) in [6.45, 7) is 6.75. The largest absolute Gasteiger partial charge is 0.480 e. The monoisotopic (exact) mass is 319 g/mol. The molecule has 130 valence electrons. The molecule has 0 aromatic rings. The van der Waals surface area contributed by atoms with Gasteiger partial charge < -0.3 is 24.6 Å². The minimum atomic E-state index is -0.995. The number of carboxylic acid groups (broad SMARTS) is 1. The van der Waals surface area contributed by atoms with Crippen molar-refractivity contribution in [2.24, 2.45) is 0 Å². The highest BCUT2D eigenvalue weighted by molar-refractivity contribution is 5.83. The van der Waals surface area contributed by atoms with Crippen molar-refractivity contribution in [2.45, 2.75) is 45.6 Å². The van der Waals surface area contributed by atoms with Gasteiger partial charge in [-0.1, -0.05) is 19.8 Å². The Morgan fingerprint density at radius 3 is 2.14 bits per heavy atom. The number of hydrogen-bond acceptors (Lipinski definition) is 5. The van der Waals surface area contributed by atoms with Gasteiger partial charge in [-0.3, -0.25) is 4.79 Å². The Kier molecular flexibility index (Phi) is 14.0. The molecular formula is C15H29NO6. The molecule has 0 heterocycles. The number of hydrogen-bond donors (Lipinski definition) is 2. The average Bonchev–Trinajstić information content (AvgIpc) is 2.49. The van der Waals surface area contributed by atoms with Gasteiger partial charge in [0.15, 0.2) is 0 Å². The van der Waals surface area contributed by atoms with E-state index in [1.165, 1.54) is 0 Å². The van der Waals surface area contributed by atoms with Gasteiger partial charge in [0.05, 0.1) is 33.0 Å². The molecule has 0 radical (unpaired) electrons. The lowest BCUT2D eigenvalue weighted by Gasteiger charge is -2.14. The quantitative estimate of drug-likeness (QED) is 0.441. The van der Waals surface area contributed by atoms with E-state index in [0.717, 1.165) is 12.8 Å². The summed E-state index contributed by atoms with van der Waals surface area (Å²) < 4.78 is 15.6. The minimum Gasteiger partial charge on any atom is -0.480 e. The number of unbranched alkanes of at least 4 members (excludes halogenated alkanes) is 1. The molecule has 1 atom stereocenters. The summed E-state index contributed by atoms with van der Waals surface area (Å²) in [7, 11) is 0. The molecule has 0 aliphatic rings. The molecule has 0 rings (SSSR count). The lowest BCUT2D eigenvalue weighted by atomic mass is 10.1. The summed E-state index contributed by atoms with van der Waals surface area (Å²) in [4.78, 5) is 22.6. The fourth-order valence-corrected chi connectivity index (χ4v) is 1.68. The van der Waals surface area contributed by atoms with E-state index in [1.54, 1.807) is 0 Å². The molecule has 22 heavy (non-hydrogen) atoms. The SMILES string of the molecule is CCCC[C@H](NC(=O)CCOCCOCCOCC)C(=O)O. The van der Waals surface area contributed by atoms with Crippen molar-refractivity contribution < 1.29 is 28.9 Å². The summed E-state index contributed by atoms with van der Waals surface area (Å²) in [5, 5.41) is 11.5. The number of carboxylic acids is 1. The lowest BCUT2D eigenvalue weighted by molar-refractivity contribution is -0.142. The van der Waals surface area contributed by atoms with Gasteiger partial charge in [-0.25, -0.2) is 4.79 Å². The second-order valence-corrected chi connectivity index (χ2v) is 4.77. The van der Waals surface area contributed by atoms with Crippen LogP contribution in [0, 0.1) is 0 Å². The van der Waals surface area contributed by atoms with Gasteiger partial charge in [-0.15, -0.1) is 0 Å². The van der Waals surface area contributed by atoms with E-state index >= 15 is 0 Å². The average molecular weight is 319 g/mol. The number of rotatable bonds is 15. The number of carbonyl (C=O) groups is 2. The van der Waals surface area contributed by atoms with Crippen LogP contribution >= 0.6 is 0 Å². The fraction of sp³-hybridized carbons (Fsp3) is 0.867. The van der Waals surface area contributed by atoms with Gasteiger partial charge in [0.25, 0.3) is 0 Å². The van der Waals surface area contributed by atoms with Crippen molar-refractivity contribution in [1.82, 2.24) is 5.32 Å². The molecule has 0 aromatic heterocycles. The van der Waals surface area contributed by atoms with Gasteiger partial charge >= 0.3 is 5.97 Å². The van der Waals surface area contributed by atoms with Crippen molar-refractivity contribution in [1.29, 1.82) is 0 Å². The Morgan fingerprint density at radius 2 is 1.59 bits per heavy atom. The van der Waals surface area contributed by atoms with Crippen LogP contribution in [-0.2, 0) is 23.8 Å². The van der Waals surface area contributed by atoms with E-state index in [9.17, 15) is 9.59 Å². The first-order valence-electron chi connectivity index (χ1n) is 7.87. The van der Waals surface area contributed by atoms with Crippen LogP contribution in [0.25, 0.3) is 0 Å². The Bertz CT molecular complexity index is 298. The van der Waals surface area contributed by atoms with E-state index in [4.69, 9.17) is 19.3 Å². The standard InChI is InChI=1S/C15H29NO6/c1-3-5-6-13(15(18)19)16-14(17)7-8-21-11-12-22-10-9-20-4-2/h13H,3-12H2,1-2H3,(H,16,17)(H,18,19)/t13-/m0/s1. The highest BCUT2D eigenvalue weighted by atomic mass is 16.5. The van der Waals surface area contributed by atoms with E-state index in [0.29, 0.717) is 39.5 Å². The first kappa shape index (κ1) is 20.8. The molecule has 7 nitrogen and oxygen atoms in total. The Labute approximate surface area is 132 Å². The molecule has 0 saturated carbocycles. The Balaban J connectivity index is 3.57. The Hall–Kier alpha value is -1.18. The highest BCUT2D eigenvalue weighted by Gasteiger charge is 2.18. The molecule has 0 saturated heterocycles. The normalized spacial score (nSPS) is 12.1. The van der Waals surface area contributed by atoms with Crippen molar-refractivity contribution in [3.8, 4) is 0 Å². The second kappa shape index (κ2) is 14.7. The molecule has 7 heteroatoms. The van der Waals surface area contributed by atoms with Crippen LogP contribution in [0.15, 0.2) is 0 Å². The zero-order valence-electron chi connectivity index (χ0n) is 13.6. The maximum Gasteiger partial charge on any atom is 0.326 e. The van der Waals surface area contributed by atoms with E-state index in [2.05, 4.69) is 5.32 Å². The summed E-state index contributed by atoms with van der Waals surface area (Å²) in [6.07, 6.45) is 2.26. The van der Waals surface area contributed by atoms with Crippen molar-refractivity contribution >= 4 is 11.9 Å². The minimum absolute atomic E-state index is 0.148. The van der Waals surface area contributed by atoms with Gasteiger partial charge in [-0.05, 0) is 13.3 Å². The first-order chi connectivity index (χ1) is 10.6. The molecule has 2 N–H and O–H groups in total. The zero-order valence-corrected chi connectivity index (χ0v) is 13.6. The molecular weight excluding hydrogens is 290 g/mol. The molecule has 0 unspecified atom stereocenters. The third-order valence-electron chi connectivity index (χ3n) is 2.90. The van der Waals surface area contributed by atoms with Crippen LogP contribution in [0.5, 0.6) is 0 Å². The van der Waals surface area contributed by atoms with Crippen LogP contribution in [0.2, 0.25) is 0 Å². The van der Waals surface area contributed by atoms with Gasteiger partial charge in [-0.2, -0.15) is 0 Å². The molecule has 0 spiro atoms. The van der Waals surface area contributed by atoms with E-state index < -0.39 is 12.0 Å². The highest BCUT2D eigenvalue weighted by Crippen LogP contribution is 2.01. The smallest absolute Gasteiger partial charge is 0.326 e. The maximum absolute atomic E-state index is 11.6. The first-order valence-corrected chi connectivity index (χ1v) is 7.87. The van der Waals surface area contributed by atoms with Crippen LogP contribution in [-0.4, -0.2) is 62.7 Å². The van der Waals surface area contributed by atoms with Crippen LogP contribution < -0.4 is 5.32 Å². The van der Waals surface area contributed by atoms with Gasteiger partial charge in [0, 0.05) is 13.0 Å². The summed E-state index contributed by atoms with van der Waals surface area (Å²) in [5.41, 5.74) is 0. The number of nitrogens with one attached hydrogen (secondary N) is 1. The predicted molar refractivity (Wildman–Crippen MR) is 81.8 cm³/mol. The molecule has 0 aliphatic carbocycles. The van der Waals surface area contributed by atoms with Crippen molar-refractivity contribution in [3.05, 3.63) is 0 Å².